The number of nitro benzene ring substituents is 1. The van der Waals surface area contributed by atoms with Crippen molar-refractivity contribution in [3.63, 3.8) is 0 Å². The number of hydrogen-bond donors (Lipinski definition) is 1. The second-order valence-electron chi connectivity index (χ2n) is 3.24. The van der Waals surface area contributed by atoms with E-state index in [1.54, 1.807) is 6.92 Å². The van der Waals surface area contributed by atoms with Crippen LogP contribution in [0.3, 0.4) is 0 Å². The van der Waals surface area contributed by atoms with E-state index >= 15 is 0 Å². The molecule has 1 aromatic rings. The summed E-state index contributed by atoms with van der Waals surface area (Å²) >= 11 is 0. The van der Waals surface area contributed by atoms with Crippen LogP contribution in [0.4, 0.5) is 5.69 Å². The van der Waals surface area contributed by atoms with Gasteiger partial charge in [0.05, 0.1) is 4.92 Å². The molecule has 5 heteroatoms. The minimum absolute atomic E-state index is 0.0917. The number of benzene rings is 1. The van der Waals surface area contributed by atoms with Gasteiger partial charge in [0.25, 0.3) is 11.6 Å². The maximum Gasteiger partial charge on any atom is 0.270 e. The molecule has 0 unspecified atom stereocenters. The van der Waals surface area contributed by atoms with Crippen molar-refractivity contribution in [2.75, 3.05) is 6.54 Å². The number of amides is 1. The standard InChI is InChI=1S/C12H12N2O3/c1-2-3-4-8-13-12(15)10-6-5-7-11(9-10)14(16)17/h5-7,9H,4,8H2,1H3,(H,13,15). The van der Waals surface area contributed by atoms with E-state index in [1.165, 1.54) is 24.3 Å². The quantitative estimate of drug-likeness (QED) is 0.372. The van der Waals surface area contributed by atoms with Crippen molar-refractivity contribution < 1.29 is 9.72 Å². The fraction of sp³-hybridized carbons (Fsp3) is 0.250. The number of non-ortho nitro benzene ring substituents is 1. The first-order chi connectivity index (χ1) is 8.15. The molecule has 0 spiro atoms. The van der Waals surface area contributed by atoms with E-state index in [9.17, 15) is 14.9 Å². The SMILES string of the molecule is CC#CCCNC(=O)c1cccc([N+](=O)[O-])c1. The first kappa shape index (κ1) is 12.7. The highest BCUT2D eigenvalue weighted by Crippen LogP contribution is 2.12. The smallest absolute Gasteiger partial charge is 0.270 e. The Morgan fingerprint density at radius 1 is 1.53 bits per heavy atom. The molecule has 1 rings (SSSR count). The van der Waals surface area contributed by atoms with Gasteiger partial charge in [0.15, 0.2) is 0 Å². The van der Waals surface area contributed by atoms with Crippen LogP contribution in [-0.2, 0) is 0 Å². The van der Waals surface area contributed by atoms with E-state index in [2.05, 4.69) is 17.2 Å². The summed E-state index contributed by atoms with van der Waals surface area (Å²) in [6.07, 6.45) is 0.567. The molecule has 0 aliphatic rings. The molecule has 1 aromatic carbocycles. The summed E-state index contributed by atoms with van der Waals surface area (Å²) < 4.78 is 0. The van der Waals surface area contributed by atoms with E-state index in [4.69, 9.17) is 0 Å². The van der Waals surface area contributed by atoms with Crippen molar-refractivity contribution in [1.29, 1.82) is 0 Å². The third-order valence-corrected chi connectivity index (χ3v) is 2.03. The molecule has 5 nitrogen and oxygen atoms in total. The summed E-state index contributed by atoms with van der Waals surface area (Å²) in [5, 5.41) is 13.2. The summed E-state index contributed by atoms with van der Waals surface area (Å²) in [6, 6.07) is 5.62. The van der Waals surface area contributed by atoms with Gasteiger partial charge in [-0.3, -0.25) is 14.9 Å². The largest absolute Gasteiger partial charge is 0.351 e. The van der Waals surface area contributed by atoms with Crippen LogP contribution < -0.4 is 5.32 Å². The normalized spacial score (nSPS) is 9.00. The predicted octanol–water partition coefficient (Wildman–Crippen LogP) is 1.74. The van der Waals surface area contributed by atoms with Gasteiger partial charge < -0.3 is 5.32 Å². The average Bonchev–Trinajstić information content (AvgIpc) is 2.34. The molecule has 0 saturated carbocycles. The van der Waals surface area contributed by atoms with E-state index in [1.807, 2.05) is 0 Å². The molecular formula is C12H12N2O3. The van der Waals surface area contributed by atoms with Crippen LogP contribution in [0.1, 0.15) is 23.7 Å². The van der Waals surface area contributed by atoms with Crippen LogP contribution >= 0.6 is 0 Å². The number of nitrogens with one attached hydrogen (secondary N) is 1. The monoisotopic (exact) mass is 232 g/mol. The zero-order chi connectivity index (χ0) is 12.7. The van der Waals surface area contributed by atoms with Gasteiger partial charge >= 0.3 is 0 Å². The van der Waals surface area contributed by atoms with Gasteiger partial charge in [-0.2, -0.15) is 0 Å². The fourth-order valence-corrected chi connectivity index (χ4v) is 1.23. The lowest BCUT2D eigenvalue weighted by Crippen LogP contribution is -2.24. The molecule has 0 fully saturated rings. The molecule has 0 aliphatic carbocycles. The molecule has 0 aromatic heterocycles. The van der Waals surface area contributed by atoms with E-state index < -0.39 is 4.92 Å². The van der Waals surface area contributed by atoms with Crippen molar-refractivity contribution in [2.24, 2.45) is 0 Å². The molecule has 0 bridgehead atoms. The second-order valence-corrected chi connectivity index (χ2v) is 3.24. The van der Waals surface area contributed by atoms with Crippen LogP contribution in [0.25, 0.3) is 0 Å². The summed E-state index contributed by atoms with van der Waals surface area (Å²) in [4.78, 5) is 21.6. The maximum atomic E-state index is 11.6. The lowest BCUT2D eigenvalue weighted by molar-refractivity contribution is -0.384. The summed E-state index contributed by atoms with van der Waals surface area (Å²) in [5.41, 5.74) is 0.189. The molecule has 1 N–H and O–H groups in total. The Bertz CT molecular complexity index is 486. The zero-order valence-corrected chi connectivity index (χ0v) is 9.40. The first-order valence-corrected chi connectivity index (χ1v) is 5.07. The number of hydrogen-bond acceptors (Lipinski definition) is 3. The highest BCUT2D eigenvalue weighted by molar-refractivity contribution is 5.94. The zero-order valence-electron chi connectivity index (χ0n) is 9.40. The number of nitrogens with zero attached hydrogens (tertiary/aromatic N) is 1. The van der Waals surface area contributed by atoms with Crippen molar-refractivity contribution >= 4 is 11.6 Å². The van der Waals surface area contributed by atoms with Gasteiger partial charge in [-0.15, -0.1) is 11.8 Å². The van der Waals surface area contributed by atoms with Crippen molar-refractivity contribution in [1.82, 2.24) is 5.32 Å². The Kier molecular flexibility index (Phi) is 4.70. The lowest BCUT2D eigenvalue weighted by Gasteiger charge is -2.02. The lowest BCUT2D eigenvalue weighted by atomic mass is 10.2. The number of carbonyl (C=O) groups is 1. The number of carbonyl (C=O) groups excluding carboxylic acids is 1. The molecule has 0 atom stereocenters. The molecule has 0 radical (unpaired) electrons. The maximum absolute atomic E-state index is 11.6. The molecular weight excluding hydrogens is 220 g/mol. The molecule has 0 aliphatic heterocycles. The Morgan fingerprint density at radius 2 is 2.29 bits per heavy atom. The van der Waals surface area contributed by atoms with Gasteiger partial charge in [0, 0.05) is 30.7 Å². The fourth-order valence-electron chi connectivity index (χ4n) is 1.23. The van der Waals surface area contributed by atoms with Crippen molar-refractivity contribution in [3.05, 3.63) is 39.9 Å². The highest BCUT2D eigenvalue weighted by atomic mass is 16.6. The van der Waals surface area contributed by atoms with Crippen molar-refractivity contribution in [2.45, 2.75) is 13.3 Å². The first-order valence-electron chi connectivity index (χ1n) is 5.07. The highest BCUT2D eigenvalue weighted by Gasteiger charge is 2.10. The number of rotatable bonds is 4. The Labute approximate surface area is 99.0 Å². The molecule has 0 heterocycles. The Morgan fingerprint density at radius 3 is 2.94 bits per heavy atom. The summed E-state index contributed by atoms with van der Waals surface area (Å²) in [7, 11) is 0. The molecule has 1 amide bonds. The topological polar surface area (TPSA) is 72.2 Å². The predicted molar refractivity (Wildman–Crippen MR) is 63.5 cm³/mol. The number of nitro groups is 1. The van der Waals surface area contributed by atoms with E-state index in [0.717, 1.165) is 0 Å². The van der Waals surface area contributed by atoms with Crippen molar-refractivity contribution in [3.8, 4) is 11.8 Å². The van der Waals surface area contributed by atoms with Gasteiger partial charge in [-0.05, 0) is 13.0 Å². The third-order valence-electron chi connectivity index (χ3n) is 2.03. The van der Waals surface area contributed by atoms with Crippen LogP contribution in [0.2, 0.25) is 0 Å². The third kappa shape index (κ3) is 3.95. The summed E-state index contributed by atoms with van der Waals surface area (Å²) in [5.74, 6) is 5.20. The Hall–Kier alpha value is -2.35. The Balaban J connectivity index is 2.64. The molecule has 17 heavy (non-hydrogen) atoms. The average molecular weight is 232 g/mol. The second kappa shape index (κ2) is 6.28. The van der Waals surface area contributed by atoms with Crippen LogP contribution in [0.5, 0.6) is 0 Å². The van der Waals surface area contributed by atoms with Gasteiger partial charge in [-0.1, -0.05) is 6.07 Å². The molecule has 0 saturated heterocycles. The van der Waals surface area contributed by atoms with E-state index in [0.29, 0.717) is 13.0 Å². The van der Waals surface area contributed by atoms with Crippen LogP contribution in [-0.4, -0.2) is 17.4 Å². The van der Waals surface area contributed by atoms with E-state index in [-0.39, 0.29) is 17.2 Å². The van der Waals surface area contributed by atoms with Gasteiger partial charge in [0.1, 0.15) is 0 Å². The van der Waals surface area contributed by atoms with Crippen LogP contribution in [0.15, 0.2) is 24.3 Å². The minimum Gasteiger partial charge on any atom is -0.351 e. The van der Waals surface area contributed by atoms with Gasteiger partial charge in [-0.25, -0.2) is 0 Å². The minimum atomic E-state index is -0.528. The van der Waals surface area contributed by atoms with Crippen LogP contribution in [0, 0.1) is 22.0 Å². The summed E-state index contributed by atoms with van der Waals surface area (Å²) in [6.45, 7) is 2.16. The molecule has 88 valence electrons. The van der Waals surface area contributed by atoms with Gasteiger partial charge in [0.2, 0.25) is 0 Å².